The van der Waals surface area contributed by atoms with Crippen molar-refractivity contribution in [3.05, 3.63) is 42.4 Å². The van der Waals surface area contributed by atoms with Crippen LogP contribution in [-0.4, -0.2) is 28.3 Å². The molecule has 0 saturated carbocycles. The Kier molecular flexibility index (Phi) is 4.80. The maximum Gasteiger partial charge on any atom is 0.237 e. The summed E-state index contributed by atoms with van der Waals surface area (Å²) in [6, 6.07) is 8.74. The van der Waals surface area contributed by atoms with E-state index in [9.17, 15) is 13.8 Å². The number of nitrogens with one attached hydrogen (secondary N) is 1. The Hall–Kier alpha value is -2.41. The maximum atomic E-state index is 12.2. The van der Waals surface area contributed by atoms with E-state index in [4.69, 9.17) is 4.42 Å². The van der Waals surface area contributed by atoms with Gasteiger partial charge in [0, 0.05) is 24.3 Å². The number of carbonyl (C=O) groups excluding carboxylic acids is 2. The summed E-state index contributed by atoms with van der Waals surface area (Å²) in [5, 5.41) is 2.73. The van der Waals surface area contributed by atoms with Crippen LogP contribution in [0.2, 0.25) is 0 Å². The van der Waals surface area contributed by atoms with Gasteiger partial charge < -0.3 is 14.6 Å². The molecule has 1 aromatic heterocycles. The Bertz CT molecular complexity index is 799. The lowest BCUT2D eigenvalue weighted by atomic mass is 10.2. The molecule has 0 spiro atoms. The van der Waals surface area contributed by atoms with Crippen molar-refractivity contribution in [2.45, 2.75) is 24.7 Å². The monoisotopic (exact) mass is 346 g/mol. The lowest BCUT2D eigenvalue weighted by molar-refractivity contribution is -0.117. The highest BCUT2D eigenvalue weighted by Crippen LogP contribution is 2.24. The molecule has 0 radical (unpaired) electrons. The summed E-state index contributed by atoms with van der Waals surface area (Å²) in [5.41, 5.74) is 1.35. The number of furan rings is 1. The molecule has 1 N–H and O–H groups in total. The second kappa shape index (κ2) is 7.00. The molecule has 1 unspecified atom stereocenters. The van der Waals surface area contributed by atoms with Crippen molar-refractivity contribution < 1.29 is 18.2 Å². The van der Waals surface area contributed by atoms with Crippen LogP contribution in [0.4, 0.5) is 11.4 Å². The average molecular weight is 346 g/mol. The van der Waals surface area contributed by atoms with E-state index < -0.39 is 10.8 Å². The van der Waals surface area contributed by atoms with Gasteiger partial charge in [0.15, 0.2) is 0 Å². The molecule has 2 heterocycles. The molecular weight excluding hydrogens is 328 g/mol. The third kappa shape index (κ3) is 3.56. The van der Waals surface area contributed by atoms with E-state index in [-0.39, 0.29) is 17.6 Å². The standard InChI is InChI=1S/C17H18N2O4S/c1-12-15(7-9-23-12)24(22)11-16(20)18-13-4-2-5-14(10-13)19-8-3-6-17(19)21/h2,4-5,7,9-10H,3,6,8,11H2,1H3,(H,18,20). The molecule has 2 amide bonds. The zero-order valence-electron chi connectivity index (χ0n) is 13.3. The molecule has 7 heteroatoms. The number of carbonyl (C=O) groups is 2. The second-order valence-electron chi connectivity index (χ2n) is 5.58. The highest BCUT2D eigenvalue weighted by atomic mass is 32.2. The van der Waals surface area contributed by atoms with E-state index in [0.717, 1.165) is 12.1 Å². The minimum absolute atomic E-state index is 0.0926. The molecule has 0 aliphatic carbocycles. The van der Waals surface area contributed by atoms with Crippen molar-refractivity contribution in [3.8, 4) is 0 Å². The summed E-state index contributed by atoms with van der Waals surface area (Å²) in [7, 11) is -1.45. The number of nitrogens with zero attached hydrogens (tertiary/aromatic N) is 1. The number of anilines is 2. The predicted octanol–water partition coefficient (Wildman–Crippen LogP) is 2.46. The molecule has 1 aliphatic rings. The van der Waals surface area contributed by atoms with Gasteiger partial charge in [-0.15, -0.1) is 0 Å². The van der Waals surface area contributed by atoms with Gasteiger partial charge in [0.2, 0.25) is 11.8 Å². The fourth-order valence-corrected chi connectivity index (χ4v) is 3.72. The van der Waals surface area contributed by atoms with Crippen LogP contribution >= 0.6 is 0 Å². The first-order valence-electron chi connectivity index (χ1n) is 7.67. The smallest absolute Gasteiger partial charge is 0.237 e. The predicted molar refractivity (Wildman–Crippen MR) is 91.4 cm³/mol. The molecule has 24 heavy (non-hydrogen) atoms. The van der Waals surface area contributed by atoms with Gasteiger partial charge in [-0.25, -0.2) is 0 Å². The van der Waals surface area contributed by atoms with Gasteiger partial charge in [-0.05, 0) is 37.6 Å². The van der Waals surface area contributed by atoms with Gasteiger partial charge in [-0.2, -0.15) is 0 Å². The van der Waals surface area contributed by atoms with Crippen molar-refractivity contribution in [2.75, 3.05) is 22.5 Å². The van der Waals surface area contributed by atoms with Gasteiger partial charge in [-0.1, -0.05) is 6.07 Å². The average Bonchev–Trinajstić information content (AvgIpc) is 3.15. The van der Waals surface area contributed by atoms with E-state index in [1.807, 2.05) is 6.07 Å². The molecule has 0 bridgehead atoms. The molecule has 126 valence electrons. The molecule has 1 saturated heterocycles. The Morgan fingerprint density at radius 3 is 2.88 bits per heavy atom. The van der Waals surface area contributed by atoms with E-state index >= 15 is 0 Å². The number of benzene rings is 1. The molecule has 6 nitrogen and oxygen atoms in total. The minimum Gasteiger partial charge on any atom is -0.468 e. The number of hydrogen-bond donors (Lipinski definition) is 1. The van der Waals surface area contributed by atoms with Gasteiger partial charge in [0.1, 0.15) is 11.5 Å². The van der Waals surface area contributed by atoms with Gasteiger partial charge in [-0.3, -0.25) is 13.8 Å². The number of rotatable bonds is 5. The zero-order chi connectivity index (χ0) is 17.1. The van der Waals surface area contributed by atoms with Crippen molar-refractivity contribution in [1.29, 1.82) is 0 Å². The summed E-state index contributed by atoms with van der Waals surface area (Å²) in [6.07, 6.45) is 2.86. The van der Waals surface area contributed by atoms with Crippen LogP contribution in [0, 0.1) is 6.92 Å². The molecule has 2 aromatic rings. The van der Waals surface area contributed by atoms with Crippen molar-refractivity contribution in [2.24, 2.45) is 0 Å². The summed E-state index contributed by atoms with van der Waals surface area (Å²) in [5.74, 6) is 0.150. The topological polar surface area (TPSA) is 79.6 Å². The first-order valence-corrected chi connectivity index (χ1v) is 8.99. The van der Waals surface area contributed by atoms with Crippen molar-refractivity contribution in [1.82, 2.24) is 0 Å². The van der Waals surface area contributed by atoms with Crippen LogP contribution in [0.15, 0.2) is 45.9 Å². The van der Waals surface area contributed by atoms with Gasteiger partial charge in [0.05, 0.1) is 22.0 Å². The molecule has 1 atom stereocenters. The Labute approximate surface area is 142 Å². The SMILES string of the molecule is Cc1occc1S(=O)CC(=O)Nc1cccc(N2CCCC2=O)c1. The van der Waals surface area contributed by atoms with Crippen LogP contribution in [0.5, 0.6) is 0 Å². The molecule has 1 aromatic carbocycles. The number of hydrogen-bond acceptors (Lipinski definition) is 4. The second-order valence-corrected chi connectivity index (χ2v) is 7.00. The van der Waals surface area contributed by atoms with Gasteiger partial charge >= 0.3 is 0 Å². The normalized spacial score (nSPS) is 15.5. The van der Waals surface area contributed by atoms with Crippen LogP contribution in [0.1, 0.15) is 18.6 Å². The third-order valence-electron chi connectivity index (χ3n) is 3.83. The van der Waals surface area contributed by atoms with Crippen molar-refractivity contribution >= 4 is 34.0 Å². The van der Waals surface area contributed by atoms with Crippen LogP contribution in [0.3, 0.4) is 0 Å². The maximum absolute atomic E-state index is 12.2. The van der Waals surface area contributed by atoms with E-state index in [1.165, 1.54) is 6.26 Å². The molecule has 1 fully saturated rings. The number of aryl methyl sites for hydroxylation is 1. The lowest BCUT2D eigenvalue weighted by Gasteiger charge is -2.16. The summed E-state index contributed by atoms with van der Waals surface area (Å²) in [4.78, 5) is 26.2. The molecular formula is C17H18N2O4S. The van der Waals surface area contributed by atoms with Crippen LogP contribution in [-0.2, 0) is 20.4 Å². The van der Waals surface area contributed by atoms with Crippen LogP contribution < -0.4 is 10.2 Å². The van der Waals surface area contributed by atoms with Crippen LogP contribution in [0.25, 0.3) is 0 Å². The summed E-state index contributed by atoms with van der Waals surface area (Å²) < 4.78 is 17.3. The third-order valence-corrected chi connectivity index (χ3v) is 5.27. The summed E-state index contributed by atoms with van der Waals surface area (Å²) in [6.45, 7) is 2.40. The largest absolute Gasteiger partial charge is 0.468 e. The Morgan fingerprint density at radius 2 is 2.21 bits per heavy atom. The minimum atomic E-state index is -1.45. The van der Waals surface area contributed by atoms with E-state index in [1.54, 1.807) is 36.1 Å². The zero-order valence-corrected chi connectivity index (χ0v) is 14.1. The fourth-order valence-electron chi connectivity index (χ4n) is 2.68. The summed E-state index contributed by atoms with van der Waals surface area (Å²) >= 11 is 0. The number of amides is 2. The highest BCUT2D eigenvalue weighted by Gasteiger charge is 2.22. The quantitative estimate of drug-likeness (QED) is 0.902. The fraction of sp³-hybridized carbons (Fsp3) is 0.294. The molecule has 3 rings (SSSR count). The van der Waals surface area contributed by atoms with Crippen molar-refractivity contribution in [3.63, 3.8) is 0 Å². The Balaban J connectivity index is 1.65. The highest BCUT2D eigenvalue weighted by molar-refractivity contribution is 7.85. The first kappa shape index (κ1) is 16.4. The van der Waals surface area contributed by atoms with Gasteiger partial charge in [0.25, 0.3) is 0 Å². The first-order chi connectivity index (χ1) is 11.5. The molecule has 1 aliphatic heterocycles. The van der Waals surface area contributed by atoms with E-state index in [0.29, 0.717) is 29.3 Å². The Morgan fingerprint density at radius 1 is 1.38 bits per heavy atom. The van der Waals surface area contributed by atoms with E-state index in [2.05, 4.69) is 5.32 Å². The lowest BCUT2D eigenvalue weighted by Crippen LogP contribution is -2.24.